The average molecular weight is 335 g/mol. The molecule has 0 fully saturated rings. The van der Waals surface area contributed by atoms with Crippen LogP contribution in [0, 0.1) is 0 Å². The predicted molar refractivity (Wildman–Crippen MR) is 85.1 cm³/mol. The van der Waals surface area contributed by atoms with Crippen molar-refractivity contribution in [1.29, 1.82) is 0 Å². The molecule has 0 aliphatic rings. The van der Waals surface area contributed by atoms with Crippen molar-refractivity contribution in [1.82, 2.24) is 10.0 Å². The zero-order valence-corrected chi connectivity index (χ0v) is 14.1. The van der Waals surface area contributed by atoms with Crippen LogP contribution in [0.3, 0.4) is 0 Å². The van der Waals surface area contributed by atoms with E-state index in [1.54, 1.807) is 25.2 Å². The summed E-state index contributed by atoms with van der Waals surface area (Å²) < 4.78 is 32.3. The summed E-state index contributed by atoms with van der Waals surface area (Å²) in [6, 6.07) is 5.00. The van der Waals surface area contributed by atoms with Gasteiger partial charge in [-0.2, -0.15) is 0 Å². The van der Waals surface area contributed by atoms with Crippen LogP contribution >= 0.6 is 11.6 Å². The van der Waals surface area contributed by atoms with E-state index in [-0.39, 0.29) is 9.92 Å². The zero-order chi connectivity index (χ0) is 15.7. The highest BCUT2D eigenvalue weighted by Gasteiger charge is 2.17. The first kappa shape index (κ1) is 18.4. The molecule has 0 spiro atoms. The van der Waals surface area contributed by atoms with Gasteiger partial charge in [0, 0.05) is 26.3 Å². The van der Waals surface area contributed by atoms with Crippen LogP contribution < -0.4 is 10.0 Å². The molecule has 0 aliphatic heterocycles. The van der Waals surface area contributed by atoms with E-state index in [4.69, 9.17) is 16.3 Å². The fourth-order valence-electron chi connectivity index (χ4n) is 1.77. The fraction of sp³-hybridized carbons (Fsp3) is 0.571. The van der Waals surface area contributed by atoms with E-state index in [1.807, 2.05) is 6.92 Å². The van der Waals surface area contributed by atoms with Gasteiger partial charge in [0.2, 0.25) is 10.0 Å². The third-order valence-electron chi connectivity index (χ3n) is 2.77. The smallest absolute Gasteiger partial charge is 0.242 e. The van der Waals surface area contributed by atoms with E-state index < -0.39 is 10.0 Å². The Morgan fingerprint density at radius 1 is 1.29 bits per heavy atom. The number of hydrogen-bond acceptors (Lipinski definition) is 4. The molecule has 0 saturated heterocycles. The Hall–Kier alpha value is -0.660. The van der Waals surface area contributed by atoms with Gasteiger partial charge >= 0.3 is 0 Å². The van der Waals surface area contributed by atoms with Crippen LogP contribution in [0.25, 0.3) is 0 Å². The van der Waals surface area contributed by atoms with Gasteiger partial charge in [0.1, 0.15) is 4.90 Å². The monoisotopic (exact) mass is 334 g/mol. The van der Waals surface area contributed by atoms with Crippen LogP contribution in [-0.4, -0.2) is 35.2 Å². The van der Waals surface area contributed by atoms with Gasteiger partial charge in [-0.3, -0.25) is 0 Å². The molecular weight excluding hydrogens is 312 g/mol. The maximum Gasteiger partial charge on any atom is 0.242 e. The molecule has 0 bridgehead atoms. The number of nitrogens with one attached hydrogen (secondary N) is 2. The van der Waals surface area contributed by atoms with Crippen molar-refractivity contribution < 1.29 is 13.2 Å². The second-order valence-corrected chi connectivity index (χ2v) is 6.80. The van der Waals surface area contributed by atoms with Gasteiger partial charge in [-0.05, 0) is 37.6 Å². The molecule has 0 radical (unpaired) electrons. The van der Waals surface area contributed by atoms with Gasteiger partial charge in [-0.1, -0.05) is 24.6 Å². The maximum atomic E-state index is 12.2. The highest BCUT2D eigenvalue weighted by Crippen LogP contribution is 2.22. The van der Waals surface area contributed by atoms with Gasteiger partial charge in [0.15, 0.2) is 0 Å². The second kappa shape index (κ2) is 9.38. The third-order valence-corrected chi connectivity index (χ3v) is 4.71. The highest BCUT2D eigenvalue weighted by atomic mass is 35.5. The molecule has 0 aliphatic carbocycles. The first-order chi connectivity index (χ1) is 10.0. The topological polar surface area (TPSA) is 67.4 Å². The van der Waals surface area contributed by atoms with E-state index in [9.17, 15) is 8.42 Å². The Bertz CT molecular complexity index is 535. The first-order valence-electron chi connectivity index (χ1n) is 7.01. The summed E-state index contributed by atoms with van der Waals surface area (Å²) >= 11 is 6.00. The van der Waals surface area contributed by atoms with Crippen molar-refractivity contribution in [3.8, 4) is 0 Å². The molecule has 1 aromatic carbocycles. The summed E-state index contributed by atoms with van der Waals surface area (Å²) in [6.07, 6.45) is 1.59. The summed E-state index contributed by atoms with van der Waals surface area (Å²) in [5, 5.41) is 3.21. The van der Waals surface area contributed by atoms with E-state index in [2.05, 4.69) is 10.0 Å². The molecule has 5 nitrogen and oxygen atoms in total. The molecule has 7 heteroatoms. The zero-order valence-electron chi connectivity index (χ0n) is 12.5. The minimum atomic E-state index is -3.59. The number of halogens is 1. The summed E-state index contributed by atoms with van der Waals surface area (Å²) in [4.78, 5) is 0.117. The minimum absolute atomic E-state index is 0.117. The molecule has 0 heterocycles. The molecule has 0 saturated carbocycles. The van der Waals surface area contributed by atoms with Crippen molar-refractivity contribution >= 4 is 21.6 Å². The Morgan fingerprint density at radius 2 is 2.05 bits per heavy atom. The maximum absolute atomic E-state index is 12.2. The lowest BCUT2D eigenvalue weighted by Crippen LogP contribution is -2.26. The third kappa shape index (κ3) is 6.32. The Balaban J connectivity index is 2.63. The van der Waals surface area contributed by atoms with Crippen molar-refractivity contribution in [2.24, 2.45) is 0 Å². The molecule has 1 rings (SSSR count). The van der Waals surface area contributed by atoms with E-state index in [0.717, 1.165) is 12.0 Å². The van der Waals surface area contributed by atoms with Crippen LogP contribution in [-0.2, 0) is 21.3 Å². The standard InChI is InChI=1S/C14H23ClN2O3S/c1-3-8-20-9-4-7-17-21(18,19)14-10-12(11-16-2)5-6-13(14)15/h5-6,10,16-17H,3-4,7-9,11H2,1-2H3. The van der Waals surface area contributed by atoms with E-state index >= 15 is 0 Å². The number of ether oxygens (including phenoxy) is 1. The molecular formula is C14H23ClN2O3S. The molecule has 21 heavy (non-hydrogen) atoms. The predicted octanol–water partition coefficient (Wildman–Crippen LogP) is 2.15. The van der Waals surface area contributed by atoms with E-state index in [0.29, 0.717) is 32.7 Å². The molecule has 0 amide bonds. The fourth-order valence-corrected chi connectivity index (χ4v) is 3.39. The number of benzene rings is 1. The number of sulfonamides is 1. The lowest BCUT2D eigenvalue weighted by Gasteiger charge is -2.10. The molecule has 0 atom stereocenters. The summed E-state index contributed by atoms with van der Waals surface area (Å²) in [7, 11) is -1.79. The minimum Gasteiger partial charge on any atom is -0.381 e. The van der Waals surface area contributed by atoms with Crippen LogP contribution in [0.1, 0.15) is 25.3 Å². The molecule has 1 aromatic rings. The van der Waals surface area contributed by atoms with Crippen molar-refractivity contribution in [2.75, 3.05) is 26.8 Å². The molecule has 0 unspecified atom stereocenters. The molecule has 0 aromatic heterocycles. The highest BCUT2D eigenvalue weighted by molar-refractivity contribution is 7.89. The average Bonchev–Trinajstić information content (AvgIpc) is 2.45. The van der Waals surface area contributed by atoms with Crippen molar-refractivity contribution in [3.63, 3.8) is 0 Å². The van der Waals surface area contributed by atoms with Gasteiger partial charge in [0.05, 0.1) is 5.02 Å². The summed E-state index contributed by atoms with van der Waals surface area (Å²) in [5.41, 5.74) is 0.869. The molecule has 120 valence electrons. The number of hydrogen-bond donors (Lipinski definition) is 2. The Kier molecular flexibility index (Phi) is 8.21. The summed E-state index contributed by atoms with van der Waals surface area (Å²) in [6.45, 7) is 4.20. The van der Waals surface area contributed by atoms with Crippen LogP contribution in [0.15, 0.2) is 23.1 Å². The Morgan fingerprint density at radius 3 is 2.71 bits per heavy atom. The van der Waals surface area contributed by atoms with Crippen LogP contribution in [0.5, 0.6) is 0 Å². The van der Waals surface area contributed by atoms with Crippen molar-refractivity contribution in [2.45, 2.75) is 31.2 Å². The van der Waals surface area contributed by atoms with E-state index in [1.165, 1.54) is 0 Å². The number of rotatable bonds is 10. The van der Waals surface area contributed by atoms with Gasteiger partial charge in [-0.25, -0.2) is 13.1 Å². The molecule has 2 N–H and O–H groups in total. The normalized spacial score (nSPS) is 11.8. The first-order valence-corrected chi connectivity index (χ1v) is 8.87. The largest absolute Gasteiger partial charge is 0.381 e. The van der Waals surface area contributed by atoms with Crippen LogP contribution in [0.4, 0.5) is 0 Å². The van der Waals surface area contributed by atoms with Crippen molar-refractivity contribution in [3.05, 3.63) is 28.8 Å². The lowest BCUT2D eigenvalue weighted by molar-refractivity contribution is 0.133. The summed E-state index contributed by atoms with van der Waals surface area (Å²) in [5.74, 6) is 0. The SMILES string of the molecule is CCCOCCCNS(=O)(=O)c1cc(CNC)ccc1Cl. The second-order valence-electron chi connectivity index (χ2n) is 4.66. The van der Waals surface area contributed by atoms with Gasteiger partial charge in [-0.15, -0.1) is 0 Å². The Labute approximate surface area is 132 Å². The lowest BCUT2D eigenvalue weighted by atomic mass is 10.2. The quantitative estimate of drug-likeness (QED) is 0.643. The van der Waals surface area contributed by atoms with Gasteiger partial charge in [0.25, 0.3) is 0 Å². The van der Waals surface area contributed by atoms with Crippen LogP contribution in [0.2, 0.25) is 5.02 Å². The van der Waals surface area contributed by atoms with Gasteiger partial charge < -0.3 is 10.1 Å².